The van der Waals surface area contributed by atoms with Crippen molar-refractivity contribution >= 4 is 11.0 Å². The summed E-state index contributed by atoms with van der Waals surface area (Å²) < 4.78 is 15.6. The fourth-order valence-corrected chi connectivity index (χ4v) is 2.99. The predicted molar refractivity (Wildman–Crippen MR) is 74.5 cm³/mol. The molecule has 1 N–H and O–H groups in total. The number of hydrogen-bond donors (Lipinski definition) is 1. The number of aryl methyl sites for hydroxylation is 1. The molecule has 102 valence electrons. The van der Waals surface area contributed by atoms with Crippen molar-refractivity contribution in [3.63, 3.8) is 0 Å². The Morgan fingerprint density at radius 1 is 1.47 bits per heavy atom. The molecule has 1 aromatic carbocycles. The maximum absolute atomic E-state index is 13.5. The Hall–Kier alpha value is -1.42. The van der Waals surface area contributed by atoms with Gasteiger partial charge in [-0.15, -0.1) is 0 Å². The first-order chi connectivity index (χ1) is 9.20. The van der Waals surface area contributed by atoms with Crippen LogP contribution < -0.4 is 5.32 Å². The molecule has 0 bridgehead atoms. The van der Waals surface area contributed by atoms with Gasteiger partial charge < -0.3 is 9.88 Å². The van der Waals surface area contributed by atoms with E-state index in [9.17, 15) is 4.39 Å². The van der Waals surface area contributed by atoms with E-state index in [1.807, 2.05) is 0 Å². The van der Waals surface area contributed by atoms with Gasteiger partial charge in [-0.1, -0.05) is 13.8 Å². The molecule has 1 saturated heterocycles. The lowest BCUT2D eigenvalue weighted by Crippen LogP contribution is -2.21. The van der Waals surface area contributed by atoms with Gasteiger partial charge in [0.1, 0.15) is 11.6 Å². The van der Waals surface area contributed by atoms with Gasteiger partial charge in [-0.3, -0.25) is 0 Å². The molecule has 1 aliphatic rings. The highest BCUT2D eigenvalue weighted by molar-refractivity contribution is 5.76. The van der Waals surface area contributed by atoms with Gasteiger partial charge in [0.15, 0.2) is 0 Å². The third-order valence-electron chi connectivity index (χ3n) is 4.00. The maximum Gasteiger partial charge on any atom is 0.127 e. The van der Waals surface area contributed by atoms with E-state index in [1.54, 1.807) is 12.1 Å². The molecule has 3 rings (SSSR count). The van der Waals surface area contributed by atoms with E-state index < -0.39 is 0 Å². The van der Waals surface area contributed by atoms with Crippen LogP contribution in [0.2, 0.25) is 0 Å². The van der Waals surface area contributed by atoms with Crippen LogP contribution in [0.4, 0.5) is 4.39 Å². The van der Waals surface area contributed by atoms with Gasteiger partial charge >= 0.3 is 0 Å². The zero-order valence-electron chi connectivity index (χ0n) is 11.5. The minimum Gasteiger partial charge on any atom is -0.327 e. The molecule has 0 spiro atoms. The van der Waals surface area contributed by atoms with E-state index in [4.69, 9.17) is 4.98 Å². The zero-order valence-corrected chi connectivity index (χ0v) is 11.5. The minimum atomic E-state index is -0.191. The van der Waals surface area contributed by atoms with Crippen molar-refractivity contribution in [3.8, 4) is 0 Å². The molecule has 4 heteroatoms. The van der Waals surface area contributed by atoms with Crippen LogP contribution in [0.5, 0.6) is 0 Å². The van der Waals surface area contributed by atoms with Crippen molar-refractivity contribution in [1.29, 1.82) is 0 Å². The van der Waals surface area contributed by atoms with E-state index in [0.29, 0.717) is 12.0 Å². The van der Waals surface area contributed by atoms with Gasteiger partial charge in [0.25, 0.3) is 0 Å². The molecule has 0 amide bonds. The van der Waals surface area contributed by atoms with Crippen molar-refractivity contribution < 1.29 is 4.39 Å². The second-order valence-electron chi connectivity index (χ2n) is 5.45. The first-order valence-electron chi connectivity index (χ1n) is 7.09. The third-order valence-corrected chi connectivity index (χ3v) is 4.00. The highest BCUT2D eigenvalue weighted by atomic mass is 19.1. The highest BCUT2D eigenvalue weighted by Crippen LogP contribution is 2.31. The average Bonchev–Trinajstić information content (AvgIpc) is 2.94. The quantitative estimate of drug-likeness (QED) is 0.919. The topological polar surface area (TPSA) is 29.9 Å². The summed E-state index contributed by atoms with van der Waals surface area (Å²) in [7, 11) is 0. The fraction of sp³-hybridized carbons (Fsp3) is 0.533. The Balaban J connectivity index is 2.14. The molecule has 2 unspecified atom stereocenters. The number of nitrogens with zero attached hydrogens (tertiary/aromatic N) is 2. The number of benzene rings is 1. The van der Waals surface area contributed by atoms with Crippen LogP contribution in [0.3, 0.4) is 0 Å². The molecular weight excluding hydrogens is 241 g/mol. The summed E-state index contributed by atoms with van der Waals surface area (Å²) in [6, 6.07) is 5.16. The summed E-state index contributed by atoms with van der Waals surface area (Å²) in [6.45, 7) is 6.32. The fourth-order valence-electron chi connectivity index (χ4n) is 2.99. The van der Waals surface area contributed by atoms with Gasteiger partial charge in [-0.25, -0.2) is 9.37 Å². The summed E-state index contributed by atoms with van der Waals surface area (Å²) in [6.07, 6.45) is 2.20. The lowest BCUT2D eigenvalue weighted by Gasteiger charge is -2.17. The van der Waals surface area contributed by atoms with Crippen molar-refractivity contribution in [2.24, 2.45) is 5.92 Å². The van der Waals surface area contributed by atoms with Crippen LogP contribution in [0.1, 0.15) is 38.6 Å². The van der Waals surface area contributed by atoms with Crippen LogP contribution in [0.25, 0.3) is 11.0 Å². The Kier molecular flexibility index (Phi) is 3.27. The molecule has 3 nitrogen and oxygen atoms in total. The molecule has 0 saturated carbocycles. The van der Waals surface area contributed by atoms with Crippen molar-refractivity contribution in [3.05, 3.63) is 29.8 Å². The van der Waals surface area contributed by atoms with E-state index in [0.717, 1.165) is 36.4 Å². The largest absolute Gasteiger partial charge is 0.327 e. The van der Waals surface area contributed by atoms with E-state index >= 15 is 0 Å². The Labute approximate surface area is 112 Å². The Bertz CT molecular complexity index is 590. The van der Waals surface area contributed by atoms with Gasteiger partial charge in [0.05, 0.1) is 17.1 Å². The third kappa shape index (κ3) is 2.14. The van der Waals surface area contributed by atoms with Gasteiger partial charge in [0.2, 0.25) is 0 Å². The SMILES string of the molecule is CCCn1c(C2NCCC2C)nc2ccc(F)cc21. The normalized spacial score (nSPS) is 23.3. The van der Waals surface area contributed by atoms with Crippen molar-refractivity contribution in [1.82, 2.24) is 14.9 Å². The van der Waals surface area contributed by atoms with Gasteiger partial charge in [-0.2, -0.15) is 0 Å². The summed E-state index contributed by atoms with van der Waals surface area (Å²) >= 11 is 0. The minimum absolute atomic E-state index is 0.191. The number of fused-ring (bicyclic) bond motifs is 1. The summed E-state index contributed by atoms with van der Waals surface area (Å²) in [5.41, 5.74) is 1.81. The second-order valence-corrected chi connectivity index (χ2v) is 5.45. The molecule has 0 aliphatic carbocycles. The van der Waals surface area contributed by atoms with Crippen LogP contribution in [-0.4, -0.2) is 16.1 Å². The molecule has 19 heavy (non-hydrogen) atoms. The average molecular weight is 261 g/mol. The second kappa shape index (κ2) is 4.93. The summed E-state index contributed by atoms with van der Waals surface area (Å²) in [5, 5.41) is 3.52. The molecule has 2 heterocycles. The standard InChI is InChI=1S/C15H20FN3/c1-3-8-19-13-9-11(16)4-5-12(13)18-15(19)14-10(2)6-7-17-14/h4-5,9-10,14,17H,3,6-8H2,1-2H3. The van der Waals surface area contributed by atoms with Gasteiger partial charge in [0, 0.05) is 6.54 Å². The van der Waals surface area contributed by atoms with E-state index in [2.05, 4.69) is 23.7 Å². The van der Waals surface area contributed by atoms with Crippen LogP contribution in [-0.2, 0) is 6.54 Å². The number of imidazole rings is 1. The molecule has 2 atom stereocenters. The number of aromatic nitrogens is 2. The molecule has 0 radical (unpaired) electrons. The van der Waals surface area contributed by atoms with E-state index in [1.165, 1.54) is 12.5 Å². The lowest BCUT2D eigenvalue weighted by molar-refractivity contribution is 0.457. The smallest absolute Gasteiger partial charge is 0.127 e. The number of rotatable bonds is 3. The summed E-state index contributed by atoms with van der Waals surface area (Å²) in [5.74, 6) is 1.45. The predicted octanol–water partition coefficient (Wildman–Crippen LogP) is 3.26. The molecule has 1 fully saturated rings. The van der Waals surface area contributed by atoms with Crippen LogP contribution >= 0.6 is 0 Å². The lowest BCUT2D eigenvalue weighted by atomic mass is 10.0. The first-order valence-corrected chi connectivity index (χ1v) is 7.09. The molecule has 2 aromatic rings. The summed E-state index contributed by atoms with van der Waals surface area (Å²) in [4.78, 5) is 4.74. The Morgan fingerprint density at radius 3 is 3.00 bits per heavy atom. The van der Waals surface area contributed by atoms with Crippen LogP contribution in [0.15, 0.2) is 18.2 Å². The number of nitrogens with one attached hydrogen (secondary N) is 1. The Morgan fingerprint density at radius 2 is 2.32 bits per heavy atom. The monoisotopic (exact) mass is 261 g/mol. The number of halogens is 1. The molecule has 1 aliphatic heterocycles. The highest BCUT2D eigenvalue weighted by Gasteiger charge is 2.29. The molecule has 1 aromatic heterocycles. The van der Waals surface area contributed by atoms with Gasteiger partial charge in [-0.05, 0) is 43.5 Å². The maximum atomic E-state index is 13.5. The van der Waals surface area contributed by atoms with Crippen molar-refractivity contribution in [2.45, 2.75) is 39.3 Å². The number of hydrogen-bond acceptors (Lipinski definition) is 2. The zero-order chi connectivity index (χ0) is 13.4. The van der Waals surface area contributed by atoms with Crippen molar-refractivity contribution in [2.75, 3.05) is 6.54 Å². The van der Waals surface area contributed by atoms with E-state index in [-0.39, 0.29) is 5.82 Å². The molecular formula is C15H20FN3. The first kappa shape index (κ1) is 12.6. The van der Waals surface area contributed by atoms with Crippen LogP contribution in [0, 0.1) is 11.7 Å².